The predicted molar refractivity (Wildman–Crippen MR) is 94.1 cm³/mol. The molecule has 3 heterocycles. The van der Waals surface area contributed by atoms with Gasteiger partial charge in [0, 0.05) is 38.4 Å². The van der Waals surface area contributed by atoms with Crippen LogP contribution in [-0.4, -0.2) is 51.4 Å². The van der Waals surface area contributed by atoms with Gasteiger partial charge in [0.2, 0.25) is 17.7 Å². The van der Waals surface area contributed by atoms with Crippen molar-refractivity contribution in [2.24, 2.45) is 5.92 Å². The van der Waals surface area contributed by atoms with Gasteiger partial charge in [0.05, 0.1) is 6.04 Å². The summed E-state index contributed by atoms with van der Waals surface area (Å²) >= 11 is 0. The molecule has 26 heavy (non-hydrogen) atoms. The molecule has 1 saturated carbocycles. The number of nitrogens with zero attached hydrogens (tertiary/aromatic N) is 4. The van der Waals surface area contributed by atoms with E-state index in [2.05, 4.69) is 10.1 Å². The third-order valence-electron chi connectivity index (χ3n) is 5.76. The van der Waals surface area contributed by atoms with Crippen LogP contribution in [0.4, 0.5) is 0 Å². The first-order valence-corrected chi connectivity index (χ1v) is 10.1. The van der Waals surface area contributed by atoms with Crippen molar-refractivity contribution in [2.75, 3.05) is 19.6 Å². The second-order valence-corrected chi connectivity index (χ2v) is 7.81. The molecule has 4 rings (SSSR count). The van der Waals surface area contributed by atoms with E-state index < -0.39 is 0 Å². The number of carbonyl (C=O) groups excluding carboxylic acids is 2. The maximum Gasteiger partial charge on any atom is 0.227 e. The van der Waals surface area contributed by atoms with E-state index in [1.54, 1.807) is 0 Å². The van der Waals surface area contributed by atoms with Crippen molar-refractivity contribution in [3.8, 4) is 0 Å². The molecule has 0 spiro atoms. The molecule has 142 valence electrons. The molecule has 0 radical (unpaired) electrons. The average Bonchev–Trinajstić information content (AvgIpc) is 3.30. The Hall–Kier alpha value is -1.92. The number of aromatic nitrogens is 2. The zero-order valence-electron chi connectivity index (χ0n) is 15.4. The summed E-state index contributed by atoms with van der Waals surface area (Å²) in [5, 5.41) is 4.11. The standard InChI is InChI=1S/C19H28N4O3/c24-17(22-11-3-1-2-4-12-22)10-9-16-20-18(21-26-16)15-6-5-13-23(15)19(25)14-7-8-14/h14-15H,1-13H2. The lowest BCUT2D eigenvalue weighted by atomic mass is 10.2. The Morgan fingerprint density at radius 3 is 2.50 bits per heavy atom. The van der Waals surface area contributed by atoms with Gasteiger partial charge >= 0.3 is 0 Å². The summed E-state index contributed by atoms with van der Waals surface area (Å²) in [6, 6.07) is -0.0538. The third kappa shape index (κ3) is 3.91. The van der Waals surface area contributed by atoms with Crippen molar-refractivity contribution in [2.45, 2.75) is 70.3 Å². The molecule has 1 aromatic heterocycles. The molecule has 1 aliphatic carbocycles. The third-order valence-corrected chi connectivity index (χ3v) is 5.76. The number of rotatable bonds is 5. The zero-order chi connectivity index (χ0) is 17.9. The van der Waals surface area contributed by atoms with Gasteiger partial charge in [-0.15, -0.1) is 0 Å². The summed E-state index contributed by atoms with van der Waals surface area (Å²) in [5.41, 5.74) is 0. The lowest BCUT2D eigenvalue weighted by molar-refractivity contribution is -0.133. The molecule has 2 saturated heterocycles. The highest BCUT2D eigenvalue weighted by Crippen LogP contribution is 2.37. The van der Waals surface area contributed by atoms with Crippen molar-refractivity contribution in [1.82, 2.24) is 19.9 Å². The number of likely N-dealkylation sites (tertiary alicyclic amines) is 2. The predicted octanol–water partition coefficient (Wildman–Crippen LogP) is 2.48. The Bertz CT molecular complexity index is 647. The lowest BCUT2D eigenvalue weighted by Gasteiger charge is -2.22. The van der Waals surface area contributed by atoms with E-state index in [1.807, 2.05) is 9.80 Å². The van der Waals surface area contributed by atoms with Crippen molar-refractivity contribution in [1.29, 1.82) is 0 Å². The molecule has 1 atom stereocenters. The number of amides is 2. The summed E-state index contributed by atoms with van der Waals surface area (Å²) in [5.74, 6) is 1.75. The highest BCUT2D eigenvalue weighted by molar-refractivity contribution is 5.81. The SMILES string of the molecule is O=C(CCc1nc(C2CCCN2C(=O)C2CC2)no1)N1CCCCCC1. The fourth-order valence-electron chi connectivity index (χ4n) is 4.06. The Labute approximate surface area is 154 Å². The van der Waals surface area contributed by atoms with Crippen LogP contribution in [0.5, 0.6) is 0 Å². The monoisotopic (exact) mass is 360 g/mol. The van der Waals surface area contributed by atoms with Crippen LogP contribution in [0.1, 0.15) is 75.5 Å². The van der Waals surface area contributed by atoms with Crippen LogP contribution in [0.25, 0.3) is 0 Å². The molecule has 1 aromatic rings. The lowest BCUT2D eigenvalue weighted by Crippen LogP contribution is -2.32. The molecule has 2 amide bonds. The van der Waals surface area contributed by atoms with Crippen LogP contribution in [0.3, 0.4) is 0 Å². The Morgan fingerprint density at radius 2 is 1.77 bits per heavy atom. The number of carbonyl (C=O) groups is 2. The molecule has 0 N–H and O–H groups in total. The van der Waals surface area contributed by atoms with Crippen LogP contribution >= 0.6 is 0 Å². The molecule has 3 aliphatic rings. The van der Waals surface area contributed by atoms with Gasteiger partial charge in [-0.25, -0.2) is 0 Å². The van der Waals surface area contributed by atoms with Crippen LogP contribution < -0.4 is 0 Å². The summed E-state index contributed by atoms with van der Waals surface area (Å²) in [7, 11) is 0. The van der Waals surface area contributed by atoms with E-state index in [0.29, 0.717) is 24.6 Å². The topological polar surface area (TPSA) is 79.5 Å². The van der Waals surface area contributed by atoms with Gasteiger partial charge in [0.15, 0.2) is 5.82 Å². The second kappa shape index (κ2) is 7.76. The van der Waals surface area contributed by atoms with Gasteiger partial charge < -0.3 is 14.3 Å². The number of aryl methyl sites for hydroxylation is 1. The summed E-state index contributed by atoms with van der Waals surface area (Å²) in [6.45, 7) is 2.53. The molecule has 0 aromatic carbocycles. The number of hydrogen-bond acceptors (Lipinski definition) is 5. The fourth-order valence-corrected chi connectivity index (χ4v) is 4.06. The minimum atomic E-state index is -0.0538. The summed E-state index contributed by atoms with van der Waals surface area (Å²) in [4.78, 5) is 33.2. The molecule has 7 heteroatoms. The van der Waals surface area contributed by atoms with Crippen molar-refractivity contribution < 1.29 is 14.1 Å². The van der Waals surface area contributed by atoms with E-state index >= 15 is 0 Å². The van der Waals surface area contributed by atoms with E-state index in [4.69, 9.17) is 4.52 Å². The van der Waals surface area contributed by atoms with Gasteiger partial charge in [-0.3, -0.25) is 9.59 Å². The molecule has 0 bridgehead atoms. The molecule has 7 nitrogen and oxygen atoms in total. The summed E-state index contributed by atoms with van der Waals surface area (Å²) < 4.78 is 5.37. The maximum absolute atomic E-state index is 12.4. The van der Waals surface area contributed by atoms with E-state index in [-0.39, 0.29) is 23.8 Å². The second-order valence-electron chi connectivity index (χ2n) is 7.81. The average molecular weight is 360 g/mol. The van der Waals surface area contributed by atoms with Crippen LogP contribution in [0.15, 0.2) is 4.52 Å². The van der Waals surface area contributed by atoms with Gasteiger partial charge in [0.1, 0.15) is 0 Å². The summed E-state index contributed by atoms with van der Waals surface area (Å²) in [6.07, 6.45) is 9.43. The largest absolute Gasteiger partial charge is 0.343 e. The van der Waals surface area contributed by atoms with Crippen molar-refractivity contribution in [3.05, 3.63) is 11.7 Å². The van der Waals surface area contributed by atoms with Crippen LogP contribution in [-0.2, 0) is 16.0 Å². The zero-order valence-corrected chi connectivity index (χ0v) is 15.4. The first-order chi connectivity index (χ1) is 12.7. The Kier molecular flexibility index (Phi) is 5.22. The van der Waals surface area contributed by atoms with Crippen molar-refractivity contribution in [3.63, 3.8) is 0 Å². The van der Waals surface area contributed by atoms with Gasteiger partial charge in [-0.1, -0.05) is 18.0 Å². The van der Waals surface area contributed by atoms with Crippen LogP contribution in [0.2, 0.25) is 0 Å². The fraction of sp³-hybridized carbons (Fsp3) is 0.789. The van der Waals surface area contributed by atoms with E-state index in [1.165, 1.54) is 12.8 Å². The maximum atomic E-state index is 12.4. The number of hydrogen-bond donors (Lipinski definition) is 0. The van der Waals surface area contributed by atoms with Crippen molar-refractivity contribution >= 4 is 11.8 Å². The van der Waals surface area contributed by atoms with Gasteiger partial charge in [0.25, 0.3) is 0 Å². The molecule has 1 unspecified atom stereocenters. The highest BCUT2D eigenvalue weighted by Gasteiger charge is 2.40. The molecule has 2 aliphatic heterocycles. The molecular formula is C19H28N4O3. The highest BCUT2D eigenvalue weighted by atomic mass is 16.5. The first-order valence-electron chi connectivity index (χ1n) is 10.1. The first kappa shape index (κ1) is 17.5. The van der Waals surface area contributed by atoms with E-state index in [0.717, 1.165) is 58.2 Å². The quantitative estimate of drug-likeness (QED) is 0.806. The molecular weight excluding hydrogens is 332 g/mol. The van der Waals surface area contributed by atoms with Crippen LogP contribution in [0, 0.1) is 5.92 Å². The van der Waals surface area contributed by atoms with Gasteiger partial charge in [-0.2, -0.15) is 4.98 Å². The normalized spacial score (nSPS) is 23.9. The Balaban J connectivity index is 1.32. The Morgan fingerprint density at radius 1 is 1.00 bits per heavy atom. The smallest absolute Gasteiger partial charge is 0.227 e. The molecule has 3 fully saturated rings. The minimum absolute atomic E-state index is 0.0538. The van der Waals surface area contributed by atoms with E-state index in [9.17, 15) is 9.59 Å². The minimum Gasteiger partial charge on any atom is -0.343 e. The van der Waals surface area contributed by atoms with Gasteiger partial charge in [-0.05, 0) is 38.5 Å².